The van der Waals surface area contributed by atoms with Gasteiger partial charge in [0, 0.05) is 31.7 Å². The number of carbonyl (C=O) groups excluding carboxylic acids is 3. The number of piperazine rings is 1. The summed E-state index contributed by atoms with van der Waals surface area (Å²) in [7, 11) is 0. The predicted molar refractivity (Wildman–Crippen MR) is 102 cm³/mol. The lowest BCUT2D eigenvalue weighted by Gasteiger charge is -2.36. The third kappa shape index (κ3) is 4.65. The zero-order chi connectivity index (χ0) is 19.2. The van der Waals surface area contributed by atoms with E-state index in [1.54, 1.807) is 4.90 Å². The number of ether oxygens (including phenoxy) is 1. The summed E-state index contributed by atoms with van der Waals surface area (Å²) in [4.78, 5) is 38.7. The molecule has 2 aromatic rings. The van der Waals surface area contributed by atoms with Gasteiger partial charge in [-0.3, -0.25) is 9.59 Å². The number of aldehydes is 1. The zero-order valence-corrected chi connectivity index (χ0v) is 15.4. The lowest BCUT2D eigenvalue weighted by Crippen LogP contribution is -2.50. The second-order valence-corrected chi connectivity index (χ2v) is 6.54. The minimum Gasteiger partial charge on any atom is -0.452 e. The first-order chi connectivity index (χ1) is 13.1. The van der Waals surface area contributed by atoms with E-state index in [2.05, 4.69) is 4.90 Å². The minimum absolute atomic E-state index is 0.230. The fraction of sp³-hybridized carbons (Fsp3) is 0.250. The van der Waals surface area contributed by atoms with Gasteiger partial charge < -0.3 is 14.5 Å². The van der Waals surface area contributed by atoms with Crippen LogP contribution in [0.5, 0.6) is 0 Å². The van der Waals surface area contributed by atoms with Gasteiger partial charge in [-0.15, -0.1) is 0 Å². The third-order valence-corrected chi connectivity index (χ3v) is 4.75. The Hall–Kier alpha value is -2.86. The summed E-state index contributed by atoms with van der Waals surface area (Å²) >= 11 is 6.22. The Balaban J connectivity index is 1.48. The maximum absolute atomic E-state index is 12.3. The first kappa shape index (κ1) is 18.9. The second kappa shape index (κ2) is 8.68. The van der Waals surface area contributed by atoms with E-state index in [4.69, 9.17) is 16.3 Å². The van der Waals surface area contributed by atoms with Crippen molar-refractivity contribution >= 4 is 35.5 Å². The molecular formula is C20H19ClN2O4. The summed E-state index contributed by atoms with van der Waals surface area (Å²) in [5, 5.41) is 0.687. The molecule has 1 aliphatic rings. The Labute approximate surface area is 162 Å². The largest absolute Gasteiger partial charge is 0.452 e. The molecule has 0 aliphatic carbocycles. The van der Waals surface area contributed by atoms with Crippen LogP contribution in [0.3, 0.4) is 0 Å². The maximum atomic E-state index is 12.3. The van der Waals surface area contributed by atoms with Gasteiger partial charge in [0.15, 0.2) is 6.61 Å². The highest BCUT2D eigenvalue weighted by Crippen LogP contribution is 2.26. The Morgan fingerprint density at radius 1 is 1.00 bits per heavy atom. The van der Waals surface area contributed by atoms with E-state index in [0.29, 0.717) is 48.6 Å². The monoisotopic (exact) mass is 386 g/mol. The third-order valence-electron chi connectivity index (χ3n) is 4.43. The molecule has 0 radical (unpaired) electrons. The normalized spacial score (nSPS) is 14.0. The van der Waals surface area contributed by atoms with Gasteiger partial charge in [-0.25, -0.2) is 4.79 Å². The molecule has 27 heavy (non-hydrogen) atoms. The van der Waals surface area contributed by atoms with Gasteiger partial charge in [0.05, 0.1) is 16.3 Å². The number of carbonyl (C=O) groups is 3. The quantitative estimate of drug-likeness (QED) is 0.583. The van der Waals surface area contributed by atoms with Crippen LogP contribution in [0.1, 0.15) is 20.7 Å². The summed E-state index contributed by atoms with van der Waals surface area (Å²) < 4.78 is 5.09. The Morgan fingerprint density at radius 3 is 2.30 bits per heavy atom. The molecule has 0 N–H and O–H groups in total. The average Bonchev–Trinajstić information content (AvgIpc) is 2.72. The molecule has 0 saturated carbocycles. The fourth-order valence-electron chi connectivity index (χ4n) is 2.90. The van der Waals surface area contributed by atoms with Crippen LogP contribution >= 0.6 is 11.6 Å². The summed E-state index contributed by atoms with van der Waals surface area (Å²) in [6.07, 6.45) is 0.695. The molecule has 2 aromatic carbocycles. The molecule has 0 atom stereocenters. The van der Waals surface area contributed by atoms with E-state index in [1.807, 2.05) is 24.3 Å². The number of para-hydroxylation sites is 1. The number of halogens is 1. The lowest BCUT2D eigenvalue weighted by atomic mass is 10.1. The second-order valence-electron chi connectivity index (χ2n) is 6.14. The van der Waals surface area contributed by atoms with Crippen LogP contribution in [0.15, 0.2) is 48.5 Å². The van der Waals surface area contributed by atoms with Gasteiger partial charge >= 0.3 is 5.97 Å². The smallest absolute Gasteiger partial charge is 0.338 e. The highest BCUT2D eigenvalue weighted by molar-refractivity contribution is 6.33. The van der Waals surface area contributed by atoms with Crippen molar-refractivity contribution in [2.24, 2.45) is 0 Å². The molecule has 7 heteroatoms. The van der Waals surface area contributed by atoms with Gasteiger partial charge in [0.1, 0.15) is 6.29 Å². The SMILES string of the molecule is O=Cc1ccc(C(=O)OCC(=O)N2CCN(c3ccccc3Cl)CC2)cc1. The first-order valence-corrected chi connectivity index (χ1v) is 8.96. The van der Waals surface area contributed by atoms with Crippen molar-refractivity contribution < 1.29 is 19.1 Å². The van der Waals surface area contributed by atoms with E-state index in [-0.39, 0.29) is 12.5 Å². The van der Waals surface area contributed by atoms with Crippen LogP contribution in [-0.2, 0) is 9.53 Å². The van der Waals surface area contributed by atoms with Gasteiger partial charge in [-0.05, 0) is 24.3 Å². The van der Waals surface area contributed by atoms with Crippen LogP contribution in [-0.4, -0.2) is 55.8 Å². The van der Waals surface area contributed by atoms with Crippen molar-refractivity contribution in [2.45, 2.75) is 0 Å². The molecule has 0 aromatic heterocycles. The van der Waals surface area contributed by atoms with Crippen molar-refractivity contribution in [3.63, 3.8) is 0 Å². The molecule has 1 aliphatic heterocycles. The standard InChI is InChI=1S/C20H19ClN2O4/c21-17-3-1-2-4-18(17)22-9-11-23(12-10-22)19(25)14-27-20(26)16-7-5-15(13-24)6-8-16/h1-8,13H,9-12,14H2. The molecule has 0 bridgehead atoms. The van der Waals surface area contributed by atoms with Crippen LogP contribution in [0, 0.1) is 0 Å². The van der Waals surface area contributed by atoms with Crippen LogP contribution < -0.4 is 4.90 Å². The van der Waals surface area contributed by atoms with E-state index in [1.165, 1.54) is 24.3 Å². The first-order valence-electron chi connectivity index (χ1n) is 8.58. The highest BCUT2D eigenvalue weighted by Gasteiger charge is 2.23. The van der Waals surface area contributed by atoms with E-state index in [9.17, 15) is 14.4 Å². The van der Waals surface area contributed by atoms with Gasteiger partial charge in [0.2, 0.25) is 0 Å². The molecule has 1 saturated heterocycles. The van der Waals surface area contributed by atoms with Crippen molar-refractivity contribution in [3.8, 4) is 0 Å². The molecule has 3 rings (SSSR count). The number of hydrogen-bond donors (Lipinski definition) is 0. The molecular weight excluding hydrogens is 368 g/mol. The van der Waals surface area contributed by atoms with Crippen molar-refractivity contribution in [2.75, 3.05) is 37.7 Å². The van der Waals surface area contributed by atoms with Crippen molar-refractivity contribution in [3.05, 3.63) is 64.7 Å². The van der Waals surface area contributed by atoms with E-state index >= 15 is 0 Å². The molecule has 1 heterocycles. The lowest BCUT2D eigenvalue weighted by molar-refractivity contribution is -0.134. The molecule has 0 unspecified atom stereocenters. The minimum atomic E-state index is -0.587. The number of rotatable bonds is 5. The van der Waals surface area contributed by atoms with E-state index < -0.39 is 5.97 Å². The Morgan fingerprint density at radius 2 is 1.67 bits per heavy atom. The van der Waals surface area contributed by atoms with Gasteiger partial charge in [-0.2, -0.15) is 0 Å². The molecule has 1 fully saturated rings. The fourth-order valence-corrected chi connectivity index (χ4v) is 3.16. The van der Waals surface area contributed by atoms with Crippen molar-refractivity contribution in [1.29, 1.82) is 0 Å². The van der Waals surface area contributed by atoms with Gasteiger partial charge in [0.25, 0.3) is 5.91 Å². The summed E-state index contributed by atoms with van der Waals surface area (Å²) in [6, 6.07) is 13.7. The van der Waals surface area contributed by atoms with Crippen LogP contribution in [0.4, 0.5) is 5.69 Å². The number of amides is 1. The maximum Gasteiger partial charge on any atom is 0.338 e. The number of anilines is 1. The molecule has 1 amide bonds. The summed E-state index contributed by atoms with van der Waals surface area (Å²) in [6.45, 7) is 2.10. The van der Waals surface area contributed by atoms with Gasteiger partial charge in [-0.1, -0.05) is 35.9 Å². The number of esters is 1. The van der Waals surface area contributed by atoms with Crippen LogP contribution in [0.2, 0.25) is 5.02 Å². The summed E-state index contributed by atoms with van der Waals surface area (Å²) in [5.41, 5.74) is 1.73. The van der Waals surface area contributed by atoms with Crippen molar-refractivity contribution in [1.82, 2.24) is 4.90 Å². The highest BCUT2D eigenvalue weighted by atomic mass is 35.5. The molecule has 140 valence electrons. The Bertz CT molecular complexity index is 830. The topological polar surface area (TPSA) is 66.9 Å². The average molecular weight is 387 g/mol. The zero-order valence-electron chi connectivity index (χ0n) is 14.6. The molecule has 6 nitrogen and oxygen atoms in total. The molecule has 0 spiro atoms. The predicted octanol–water partition coefficient (Wildman–Crippen LogP) is 2.66. The van der Waals surface area contributed by atoms with Crippen LogP contribution in [0.25, 0.3) is 0 Å². The summed E-state index contributed by atoms with van der Waals surface area (Å²) in [5.74, 6) is -0.817. The number of hydrogen-bond acceptors (Lipinski definition) is 5. The van der Waals surface area contributed by atoms with E-state index in [0.717, 1.165) is 5.69 Å². The number of benzene rings is 2. The Kier molecular flexibility index (Phi) is 6.08. The number of nitrogens with zero attached hydrogens (tertiary/aromatic N) is 2.